The van der Waals surface area contributed by atoms with Crippen LogP contribution in [0.2, 0.25) is 5.02 Å². The lowest BCUT2D eigenvalue weighted by atomic mass is 9.84. The van der Waals surface area contributed by atoms with Crippen LogP contribution in [0.3, 0.4) is 0 Å². The van der Waals surface area contributed by atoms with E-state index >= 15 is 0 Å². The highest BCUT2D eigenvalue weighted by Gasteiger charge is 2.18. The lowest BCUT2D eigenvalue weighted by molar-refractivity contribution is 0.340. The lowest BCUT2D eigenvalue weighted by Gasteiger charge is -2.22. The van der Waals surface area contributed by atoms with Crippen LogP contribution in [0.1, 0.15) is 31.9 Å². The predicted molar refractivity (Wildman–Crippen MR) is 121 cm³/mol. The molecule has 3 rings (SSSR count). The molecule has 3 aromatic carbocycles. The molecule has 0 saturated heterocycles. The Labute approximate surface area is 182 Å². The quantitative estimate of drug-likeness (QED) is 0.344. The van der Waals surface area contributed by atoms with E-state index in [1.54, 1.807) is 24.3 Å². The van der Waals surface area contributed by atoms with Crippen molar-refractivity contribution in [2.24, 2.45) is 0 Å². The molecule has 0 atom stereocenters. The molecule has 0 unspecified atom stereocenters. The summed E-state index contributed by atoms with van der Waals surface area (Å²) in [7, 11) is 0. The lowest BCUT2D eigenvalue weighted by Crippen LogP contribution is -2.13. The third kappa shape index (κ3) is 5.64. The van der Waals surface area contributed by atoms with Crippen LogP contribution in [0.5, 0.6) is 17.2 Å². The Kier molecular flexibility index (Phi) is 7.17. The zero-order valence-corrected chi connectivity index (χ0v) is 18.2. The average Bonchev–Trinajstić information content (AvgIpc) is 2.72. The Morgan fingerprint density at radius 3 is 2.43 bits per heavy atom. The molecule has 30 heavy (non-hydrogen) atoms. The first kappa shape index (κ1) is 21.9. The van der Waals surface area contributed by atoms with Gasteiger partial charge in [0.1, 0.15) is 11.5 Å². The van der Waals surface area contributed by atoms with Gasteiger partial charge in [-0.1, -0.05) is 67.9 Å². The summed E-state index contributed by atoms with van der Waals surface area (Å²) in [5.74, 6) is 1.15. The third-order valence-corrected chi connectivity index (χ3v) is 5.13. The van der Waals surface area contributed by atoms with Gasteiger partial charge >= 0.3 is 0 Å². The smallest absolute Gasteiger partial charge is 0.165 e. The SMILES string of the molecule is CCOc1ccc(C(C)(C)/C=C/Cc2ccc(F)c(Oc3ccccc3)c2)cc1Cl. The predicted octanol–water partition coefficient (Wildman–Crippen LogP) is 7.75. The molecular formula is C26H26ClFO2. The minimum Gasteiger partial charge on any atom is -0.492 e. The van der Waals surface area contributed by atoms with Gasteiger partial charge in [-0.05, 0) is 60.9 Å². The van der Waals surface area contributed by atoms with Crippen molar-refractivity contribution in [3.05, 3.63) is 101 Å². The first-order valence-electron chi connectivity index (χ1n) is 10.0. The summed E-state index contributed by atoms with van der Waals surface area (Å²) < 4.78 is 25.3. The fraction of sp³-hybridized carbons (Fsp3) is 0.231. The third-order valence-electron chi connectivity index (χ3n) is 4.83. The molecule has 0 N–H and O–H groups in total. The van der Waals surface area contributed by atoms with Crippen LogP contribution >= 0.6 is 11.6 Å². The zero-order valence-electron chi connectivity index (χ0n) is 17.5. The van der Waals surface area contributed by atoms with Crippen molar-refractivity contribution in [1.29, 1.82) is 0 Å². The molecule has 0 radical (unpaired) electrons. The van der Waals surface area contributed by atoms with Crippen LogP contribution in [-0.2, 0) is 11.8 Å². The van der Waals surface area contributed by atoms with Crippen LogP contribution < -0.4 is 9.47 Å². The second kappa shape index (κ2) is 9.82. The molecule has 0 bridgehead atoms. The summed E-state index contributed by atoms with van der Waals surface area (Å²) in [6, 6.07) is 20.1. The molecule has 0 fully saturated rings. The number of ether oxygens (including phenoxy) is 2. The maximum Gasteiger partial charge on any atom is 0.165 e. The van der Waals surface area contributed by atoms with Crippen molar-refractivity contribution in [2.75, 3.05) is 6.61 Å². The molecule has 0 saturated carbocycles. The average molecular weight is 425 g/mol. The topological polar surface area (TPSA) is 18.5 Å². The van der Waals surface area contributed by atoms with Crippen molar-refractivity contribution in [2.45, 2.75) is 32.6 Å². The highest BCUT2D eigenvalue weighted by atomic mass is 35.5. The summed E-state index contributed by atoms with van der Waals surface area (Å²) in [5, 5.41) is 0.608. The molecule has 156 valence electrons. The standard InChI is InChI=1S/C26H26ClFO2/c1-4-29-24-15-13-20(18-22(24)27)26(2,3)16-8-9-19-12-14-23(28)25(17-19)30-21-10-6-5-7-11-21/h5-8,10-18H,4,9H2,1-3H3/b16-8+. The van der Waals surface area contributed by atoms with Crippen molar-refractivity contribution < 1.29 is 13.9 Å². The minimum atomic E-state index is -0.379. The van der Waals surface area contributed by atoms with E-state index in [4.69, 9.17) is 21.1 Å². The molecule has 0 aromatic heterocycles. The van der Waals surface area contributed by atoms with Gasteiger partial charge < -0.3 is 9.47 Å². The fourth-order valence-corrected chi connectivity index (χ4v) is 3.36. The van der Waals surface area contributed by atoms with Gasteiger partial charge in [0.2, 0.25) is 0 Å². The molecule has 2 nitrogen and oxygen atoms in total. The molecular weight excluding hydrogens is 399 g/mol. The molecule has 0 spiro atoms. The molecule has 0 amide bonds. The number of rotatable bonds is 8. The van der Waals surface area contributed by atoms with Crippen molar-refractivity contribution in [3.63, 3.8) is 0 Å². The fourth-order valence-electron chi connectivity index (χ4n) is 3.13. The van der Waals surface area contributed by atoms with Gasteiger partial charge in [0, 0.05) is 5.41 Å². The van der Waals surface area contributed by atoms with E-state index in [2.05, 4.69) is 26.0 Å². The Balaban J connectivity index is 1.71. The number of para-hydroxylation sites is 1. The number of halogens is 2. The molecule has 3 aromatic rings. The second-order valence-corrected chi connectivity index (χ2v) is 7.99. The summed E-state index contributed by atoms with van der Waals surface area (Å²) in [5.41, 5.74) is 1.86. The first-order chi connectivity index (χ1) is 14.4. The van der Waals surface area contributed by atoms with Crippen molar-refractivity contribution >= 4 is 11.6 Å². The van der Waals surface area contributed by atoms with E-state index < -0.39 is 0 Å². The Morgan fingerprint density at radius 2 is 1.73 bits per heavy atom. The van der Waals surface area contributed by atoms with Crippen LogP contribution in [0, 0.1) is 5.82 Å². The second-order valence-electron chi connectivity index (χ2n) is 7.59. The highest BCUT2D eigenvalue weighted by molar-refractivity contribution is 6.32. The van der Waals surface area contributed by atoms with Crippen LogP contribution in [0.25, 0.3) is 0 Å². The summed E-state index contributed by atoms with van der Waals surface area (Å²) in [6.07, 6.45) is 4.89. The van der Waals surface area contributed by atoms with E-state index in [0.717, 1.165) is 11.1 Å². The summed E-state index contributed by atoms with van der Waals surface area (Å²) in [4.78, 5) is 0. The van der Waals surface area contributed by atoms with Gasteiger partial charge in [-0.25, -0.2) is 4.39 Å². The van der Waals surface area contributed by atoms with E-state index in [-0.39, 0.29) is 17.0 Å². The largest absolute Gasteiger partial charge is 0.492 e. The molecule has 4 heteroatoms. The van der Waals surface area contributed by atoms with Gasteiger partial charge in [0.15, 0.2) is 11.6 Å². The van der Waals surface area contributed by atoms with Crippen molar-refractivity contribution in [3.8, 4) is 17.2 Å². The number of hydrogen-bond donors (Lipinski definition) is 0. The van der Waals surface area contributed by atoms with E-state index in [0.29, 0.717) is 29.5 Å². The van der Waals surface area contributed by atoms with Crippen molar-refractivity contribution in [1.82, 2.24) is 0 Å². The van der Waals surface area contributed by atoms with Gasteiger partial charge in [0.25, 0.3) is 0 Å². The van der Waals surface area contributed by atoms with Crippen LogP contribution in [0.15, 0.2) is 78.9 Å². The molecule has 0 heterocycles. The maximum absolute atomic E-state index is 14.1. The summed E-state index contributed by atoms with van der Waals surface area (Å²) in [6.45, 7) is 6.77. The van der Waals surface area contributed by atoms with Gasteiger partial charge in [0.05, 0.1) is 11.6 Å². The Morgan fingerprint density at radius 1 is 0.967 bits per heavy atom. The number of benzene rings is 3. The summed E-state index contributed by atoms with van der Waals surface area (Å²) >= 11 is 6.34. The van der Waals surface area contributed by atoms with Gasteiger partial charge in [-0.2, -0.15) is 0 Å². The van der Waals surface area contributed by atoms with E-state index in [1.807, 2.05) is 43.3 Å². The first-order valence-corrected chi connectivity index (χ1v) is 10.4. The Bertz CT molecular complexity index is 1010. The molecule has 0 aliphatic rings. The zero-order chi connectivity index (χ0) is 21.6. The number of allylic oxidation sites excluding steroid dienone is 2. The van der Waals surface area contributed by atoms with Gasteiger partial charge in [-0.3, -0.25) is 0 Å². The highest BCUT2D eigenvalue weighted by Crippen LogP contribution is 2.32. The Hall–Kier alpha value is -2.78. The van der Waals surface area contributed by atoms with Crippen LogP contribution in [0.4, 0.5) is 4.39 Å². The van der Waals surface area contributed by atoms with E-state index in [9.17, 15) is 4.39 Å². The molecule has 0 aliphatic carbocycles. The van der Waals surface area contributed by atoms with Gasteiger partial charge in [-0.15, -0.1) is 0 Å². The van der Waals surface area contributed by atoms with Crippen LogP contribution in [-0.4, -0.2) is 6.61 Å². The van der Waals surface area contributed by atoms with E-state index in [1.165, 1.54) is 6.07 Å². The maximum atomic E-state index is 14.1. The molecule has 0 aliphatic heterocycles. The monoisotopic (exact) mass is 424 g/mol. The minimum absolute atomic E-state index is 0.211. The number of hydrogen-bond acceptors (Lipinski definition) is 2. The normalized spacial score (nSPS) is 11.6.